The lowest BCUT2D eigenvalue weighted by atomic mass is 10.2. The van der Waals surface area contributed by atoms with Crippen LogP contribution in [0.25, 0.3) is 0 Å². The monoisotopic (exact) mass is 253 g/mol. The molecule has 0 radical (unpaired) electrons. The molecule has 0 saturated heterocycles. The highest BCUT2D eigenvalue weighted by atomic mass is 35.5. The number of anilines is 1. The van der Waals surface area contributed by atoms with E-state index in [9.17, 15) is 9.18 Å². The van der Waals surface area contributed by atoms with Crippen molar-refractivity contribution in [3.8, 4) is 0 Å². The van der Waals surface area contributed by atoms with E-state index in [4.69, 9.17) is 17.3 Å². The summed E-state index contributed by atoms with van der Waals surface area (Å²) in [6.45, 7) is 0.0207. The van der Waals surface area contributed by atoms with Gasteiger partial charge >= 0.3 is 0 Å². The third kappa shape index (κ3) is 2.62. The Balaban J connectivity index is 2.38. The first-order valence-corrected chi connectivity index (χ1v) is 5.21. The molecule has 0 aliphatic heterocycles. The van der Waals surface area contributed by atoms with Crippen LogP contribution in [0.3, 0.4) is 0 Å². The topological polar surface area (TPSA) is 60.9 Å². The highest BCUT2D eigenvalue weighted by Gasteiger charge is 2.06. The van der Waals surface area contributed by atoms with Gasteiger partial charge in [0.2, 0.25) is 0 Å². The molecule has 0 fully saturated rings. The molecule has 0 bridgehead atoms. The van der Waals surface area contributed by atoms with E-state index in [1.165, 1.54) is 24.3 Å². The Morgan fingerprint density at radius 3 is 2.82 bits per heavy atom. The van der Waals surface area contributed by atoms with Crippen molar-refractivity contribution in [3.05, 3.63) is 57.1 Å². The Morgan fingerprint density at radius 1 is 1.35 bits per heavy atom. The van der Waals surface area contributed by atoms with Crippen LogP contribution >= 0.6 is 11.6 Å². The zero-order valence-electron chi connectivity index (χ0n) is 8.73. The molecule has 17 heavy (non-hydrogen) atoms. The Hall–Kier alpha value is -1.88. The van der Waals surface area contributed by atoms with E-state index in [1.807, 2.05) is 0 Å². The molecule has 0 aliphatic rings. The lowest BCUT2D eigenvalue weighted by molar-refractivity contribution is 0.574. The normalized spacial score (nSPS) is 10.5. The third-order valence-electron chi connectivity index (χ3n) is 2.22. The van der Waals surface area contributed by atoms with Crippen LogP contribution in [-0.4, -0.2) is 9.78 Å². The second-order valence-electron chi connectivity index (χ2n) is 3.49. The van der Waals surface area contributed by atoms with Crippen molar-refractivity contribution in [2.24, 2.45) is 0 Å². The fourth-order valence-electron chi connectivity index (χ4n) is 1.39. The molecule has 2 aromatic rings. The molecule has 1 heterocycles. The Bertz CT molecular complexity index is 612. The van der Waals surface area contributed by atoms with E-state index in [0.717, 1.165) is 4.68 Å². The molecule has 2 rings (SSSR count). The van der Waals surface area contributed by atoms with Crippen LogP contribution in [0.4, 0.5) is 10.2 Å². The van der Waals surface area contributed by atoms with E-state index in [1.54, 1.807) is 6.07 Å². The van der Waals surface area contributed by atoms with Crippen molar-refractivity contribution in [1.29, 1.82) is 0 Å². The lowest BCUT2D eigenvalue weighted by Crippen LogP contribution is -2.23. The maximum absolute atomic E-state index is 13.5. The zero-order chi connectivity index (χ0) is 12.4. The van der Waals surface area contributed by atoms with Crippen molar-refractivity contribution in [1.82, 2.24) is 9.78 Å². The fraction of sp³-hybridized carbons (Fsp3) is 0.0909. The van der Waals surface area contributed by atoms with Crippen LogP contribution < -0.4 is 11.3 Å². The van der Waals surface area contributed by atoms with Gasteiger partial charge < -0.3 is 5.73 Å². The quantitative estimate of drug-likeness (QED) is 0.886. The van der Waals surface area contributed by atoms with Crippen LogP contribution in [0.2, 0.25) is 5.02 Å². The summed E-state index contributed by atoms with van der Waals surface area (Å²) >= 11 is 5.63. The summed E-state index contributed by atoms with van der Waals surface area (Å²) in [5.41, 5.74) is 5.45. The molecule has 88 valence electrons. The second-order valence-corrected chi connectivity index (χ2v) is 3.93. The van der Waals surface area contributed by atoms with Gasteiger partial charge in [-0.15, -0.1) is 0 Å². The van der Waals surface area contributed by atoms with Gasteiger partial charge in [0.15, 0.2) is 0 Å². The van der Waals surface area contributed by atoms with Crippen LogP contribution in [0.15, 0.2) is 35.1 Å². The average Bonchev–Trinajstić information content (AvgIpc) is 2.27. The predicted molar refractivity (Wildman–Crippen MR) is 63.4 cm³/mol. The van der Waals surface area contributed by atoms with Gasteiger partial charge in [0.1, 0.15) is 11.6 Å². The van der Waals surface area contributed by atoms with E-state index in [-0.39, 0.29) is 17.9 Å². The molecule has 0 amide bonds. The van der Waals surface area contributed by atoms with E-state index >= 15 is 0 Å². The molecule has 0 saturated carbocycles. The van der Waals surface area contributed by atoms with Crippen molar-refractivity contribution in [3.63, 3.8) is 0 Å². The average molecular weight is 254 g/mol. The molecule has 2 N–H and O–H groups in total. The van der Waals surface area contributed by atoms with Crippen molar-refractivity contribution in [2.45, 2.75) is 6.54 Å². The molecule has 0 atom stereocenters. The minimum Gasteiger partial charge on any atom is -0.382 e. The summed E-state index contributed by atoms with van der Waals surface area (Å²) in [7, 11) is 0. The molecule has 0 unspecified atom stereocenters. The number of hydrogen-bond donors (Lipinski definition) is 1. The number of halogens is 2. The van der Waals surface area contributed by atoms with Gasteiger partial charge in [0.05, 0.1) is 6.54 Å². The number of nitrogen functional groups attached to an aromatic ring is 1. The summed E-state index contributed by atoms with van der Waals surface area (Å²) in [5, 5.41) is 4.12. The highest BCUT2D eigenvalue weighted by molar-refractivity contribution is 6.30. The third-order valence-corrected chi connectivity index (χ3v) is 2.46. The van der Waals surface area contributed by atoms with Gasteiger partial charge in [-0.3, -0.25) is 4.79 Å². The largest absolute Gasteiger partial charge is 0.382 e. The minimum atomic E-state index is -0.478. The molecular formula is C11H9ClFN3O. The van der Waals surface area contributed by atoms with Crippen LogP contribution in [-0.2, 0) is 6.54 Å². The molecular weight excluding hydrogens is 245 g/mol. The molecule has 6 heteroatoms. The van der Waals surface area contributed by atoms with Crippen molar-refractivity contribution < 1.29 is 4.39 Å². The SMILES string of the molecule is Nc1ccc(=O)n(Cc2ccc(Cl)cc2F)n1. The number of benzene rings is 1. The van der Waals surface area contributed by atoms with Crippen LogP contribution in [0.1, 0.15) is 5.56 Å². The lowest BCUT2D eigenvalue weighted by Gasteiger charge is -2.06. The van der Waals surface area contributed by atoms with E-state index in [0.29, 0.717) is 10.6 Å². The first-order chi connectivity index (χ1) is 8.06. The van der Waals surface area contributed by atoms with Gasteiger partial charge in [-0.2, -0.15) is 5.10 Å². The standard InChI is InChI=1S/C11H9ClFN3O/c12-8-2-1-7(9(13)5-8)6-16-11(17)4-3-10(14)15-16/h1-5H,6H2,(H2,14,15). The number of nitrogens with zero attached hydrogens (tertiary/aromatic N) is 2. The number of nitrogens with two attached hydrogens (primary N) is 1. The first kappa shape index (κ1) is 11.6. The maximum Gasteiger partial charge on any atom is 0.267 e. The van der Waals surface area contributed by atoms with Crippen molar-refractivity contribution >= 4 is 17.4 Å². The van der Waals surface area contributed by atoms with Gasteiger partial charge in [-0.05, 0) is 18.2 Å². The first-order valence-electron chi connectivity index (χ1n) is 4.84. The molecule has 0 spiro atoms. The van der Waals surface area contributed by atoms with Crippen molar-refractivity contribution in [2.75, 3.05) is 5.73 Å². The molecule has 4 nitrogen and oxygen atoms in total. The molecule has 1 aromatic heterocycles. The molecule has 1 aromatic carbocycles. The zero-order valence-corrected chi connectivity index (χ0v) is 9.49. The van der Waals surface area contributed by atoms with Gasteiger partial charge in [-0.25, -0.2) is 9.07 Å². The summed E-state index contributed by atoms with van der Waals surface area (Å²) < 4.78 is 14.6. The Morgan fingerprint density at radius 2 is 2.12 bits per heavy atom. The summed E-state index contributed by atoms with van der Waals surface area (Å²) in [5.74, 6) is -0.271. The maximum atomic E-state index is 13.5. The fourth-order valence-corrected chi connectivity index (χ4v) is 1.55. The number of hydrogen-bond acceptors (Lipinski definition) is 3. The summed E-state index contributed by atoms with van der Waals surface area (Å²) in [6, 6.07) is 6.94. The number of rotatable bonds is 2. The summed E-state index contributed by atoms with van der Waals surface area (Å²) in [4.78, 5) is 11.5. The van der Waals surface area contributed by atoms with Crippen LogP contribution in [0.5, 0.6) is 0 Å². The second kappa shape index (κ2) is 4.55. The van der Waals surface area contributed by atoms with E-state index in [2.05, 4.69) is 5.10 Å². The van der Waals surface area contributed by atoms with E-state index < -0.39 is 5.82 Å². The van der Waals surface area contributed by atoms with Gasteiger partial charge in [0.25, 0.3) is 5.56 Å². The predicted octanol–water partition coefficient (Wildman–Crippen LogP) is 1.67. The Labute approximate surface area is 101 Å². The highest BCUT2D eigenvalue weighted by Crippen LogP contribution is 2.14. The molecule has 0 aliphatic carbocycles. The summed E-state index contributed by atoms with van der Waals surface area (Å²) in [6.07, 6.45) is 0. The Kier molecular flexibility index (Phi) is 3.10. The van der Waals surface area contributed by atoms with Gasteiger partial charge in [-0.1, -0.05) is 17.7 Å². The van der Waals surface area contributed by atoms with Crippen LogP contribution in [0, 0.1) is 5.82 Å². The minimum absolute atomic E-state index is 0.0207. The van der Waals surface area contributed by atoms with Gasteiger partial charge in [0, 0.05) is 16.7 Å². The number of aromatic nitrogens is 2. The smallest absolute Gasteiger partial charge is 0.267 e.